The number of nitro benzene ring substituents is 1. The summed E-state index contributed by atoms with van der Waals surface area (Å²) in [4.78, 5) is 17.1. The van der Waals surface area contributed by atoms with Gasteiger partial charge in [0.15, 0.2) is 5.82 Å². The smallest absolute Gasteiger partial charge is 0.270 e. The average molecular weight is 303 g/mol. The Balaban J connectivity index is 1.92. The number of rotatable bonds is 3. The monoisotopic (exact) mass is 303 g/mol. The Labute approximate surface area is 127 Å². The van der Waals surface area contributed by atoms with Crippen LogP contribution in [0, 0.1) is 17.0 Å². The minimum Gasteiger partial charge on any atom is -0.334 e. The van der Waals surface area contributed by atoms with E-state index < -0.39 is 4.92 Å². The number of aryl methyl sites for hydroxylation is 1. The number of hydrogen-bond acceptors (Lipinski definition) is 7. The van der Waals surface area contributed by atoms with Crippen molar-refractivity contribution in [3.8, 4) is 11.5 Å². The molecular weight excluding hydrogens is 286 g/mol. The second-order valence-corrected chi connectivity index (χ2v) is 5.47. The van der Waals surface area contributed by atoms with E-state index >= 15 is 0 Å². The fraction of sp³-hybridized carbons (Fsp3) is 0.429. The van der Waals surface area contributed by atoms with Crippen LogP contribution >= 0.6 is 0 Å². The first kappa shape index (κ1) is 14.6. The normalized spacial score (nSPS) is 19.3. The maximum absolute atomic E-state index is 11.0. The average Bonchev–Trinajstić information content (AvgIpc) is 2.96. The Bertz CT molecular complexity index is 700. The van der Waals surface area contributed by atoms with Crippen molar-refractivity contribution < 1.29 is 9.45 Å². The van der Waals surface area contributed by atoms with Gasteiger partial charge >= 0.3 is 0 Å². The van der Waals surface area contributed by atoms with Crippen molar-refractivity contribution in [2.24, 2.45) is 0 Å². The molecule has 1 N–H and O–H groups in total. The van der Waals surface area contributed by atoms with Crippen LogP contribution in [0.1, 0.15) is 17.4 Å². The maximum Gasteiger partial charge on any atom is 0.270 e. The lowest BCUT2D eigenvalue weighted by molar-refractivity contribution is -0.384. The number of likely N-dealkylation sites (N-methyl/N-ethyl adjacent to an activating group) is 1. The molecule has 2 heterocycles. The molecule has 8 nitrogen and oxygen atoms in total. The predicted molar refractivity (Wildman–Crippen MR) is 79.4 cm³/mol. The number of non-ortho nitro benzene ring substituents is 1. The number of nitro groups is 1. The van der Waals surface area contributed by atoms with Crippen molar-refractivity contribution in [2.75, 3.05) is 26.7 Å². The van der Waals surface area contributed by atoms with Crippen LogP contribution in [0.4, 0.5) is 5.69 Å². The van der Waals surface area contributed by atoms with E-state index in [9.17, 15) is 10.1 Å². The first-order chi connectivity index (χ1) is 10.5. The summed E-state index contributed by atoms with van der Waals surface area (Å²) in [7, 11) is 2.01. The third-order valence-electron chi connectivity index (χ3n) is 3.77. The van der Waals surface area contributed by atoms with Crippen LogP contribution in [-0.2, 0) is 0 Å². The zero-order valence-electron chi connectivity index (χ0n) is 12.4. The number of nitrogens with one attached hydrogen (secondary N) is 1. The fourth-order valence-corrected chi connectivity index (χ4v) is 2.57. The molecule has 22 heavy (non-hydrogen) atoms. The second-order valence-electron chi connectivity index (χ2n) is 5.47. The minimum atomic E-state index is -0.424. The predicted octanol–water partition coefficient (Wildman–Crippen LogP) is 1.53. The molecule has 8 heteroatoms. The highest BCUT2D eigenvalue weighted by molar-refractivity contribution is 5.59. The van der Waals surface area contributed by atoms with Gasteiger partial charge in [-0.2, -0.15) is 4.98 Å². The number of aromatic nitrogens is 2. The van der Waals surface area contributed by atoms with Crippen molar-refractivity contribution in [1.82, 2.24) is 20.4 Å². The summed E-state index contributed by atoms with van der Waals surface area (Å²) in [5, 5.41) is 18.3. The molecule has 1 fully saturated rings. The van der Waals surface area contributed by atoms with Gasteiger partial charge in [0.05, 0.1) is 11.0 Å². The molecule has 1 aromatic carbocycles. The van der Waals surface area contributed by atoms with E-state index in [1.807, 2.05) is 7.05 Å². The Hall–Kier alpha value is -2.32. The lowest BCUT2D eigenvalue weighted by Crippen LogP contribution is -2.44. The van der Waals surface area contributed by atoms with Gasteiger partial charge in [0.25, 0.3) is 11.6 Å². The van der Waals surface area contributed by atoms with Crippen molar-refractivity contribution in [3.63, 3.8) is 0 Å². The van der Waals surface area contributed by atoms with Crippen molar-refractivity contribution in [3.05, 3.63) is 39.7 Å². The molecule has 1 saturated heterocycles. The van der Waals surface area contributed by atoms with Gasteiger partial charge in [0.2, 0.25) is 0 Å². The maximum atomic E-state index is 11.0. The van der Waals surface area contributed by atoms with Gasteiger partial charge in [0.1, 0.15) is 0 Å². The SMILES string of the molecule is Cc1cc(-c2nc(C3CNCCN3C)no2)cc([N+](=O)[O-])c1. The van der Waals surface area contributed by atoms with E-state index in [1.54, 1.807) is 13.0 Å². The number of nitrogens with zero attached hydrogens (tertiary/aromatic N) is 4. The Morgan fingerprint density at radius 1 is 1.45 bits per heavy atom. The molecule has 0 saturated carbocycles. The second kappa shape index (κ2) is 5.82. The van der Waals surface area contributed by atoms with Gasteiger partial charge < -0.3 is 9.84 Å². The van der Waals surface area contributed by atoms with Crippen LogP contribution in [0.25, 0.3) is 11.5 Å². The van der Waals surface area contributed by atoms with E-state index in [1.165, 1.54) is 12.1 Å². The standard InChI is InChI=1S/C14H17N5O3/c1-9-5-10(7-11(6-9)19(20)21)14-16-13(17-22-14)12-8-15-3-4-18(12)2/h5-7,12,15H,3-4,8H2,1-2H3. The van der Waals surface area contributed by atoms with Gasteiger partial charge in [-0.25, -0.2) is 0 Å². The largest absolute Gasteiger partial charge is 0.334 e. The Morgan fingerprint density at radius 3 is 3.00 bits per heavy atom. The third kappa shape index (κ3) is 2.83. The molecule has 2 aromatic rings. The van der Waals surface area contributed by atoms with Crippen molar-refractivity contribution in [1.29, 1.82) is 0 Å². The molecule has 1 aliphatic heterocycles. The first-order valence-corrected chi connectivity index (χ1v) is 7.05. The summed E-state index contributed by atoms with van der Waals surface area (Å²) in [6.07, 6.45) is 0. The van der Waals surface area contributed by atoms with Gasteiger partial charge in [0, 0.05) is 37.3 Å². The van der Waals surface area contributed by atoms with E-state index in [2.05, 4.69) is 20.4 Å². The molecule has 3 rings (SSSR count). The zero-order valence-corrected chi connectivity index (χ0v) is 12.4. The van der Waals surface area contributed by atoms with Gasteiger partial charge in [-0.1, -0.05) is 5.16 Å². The molecular formula is C14H17N5O3. The summed E-state index contributed by atoms with van der Waals surface area (Å²) < 4.78 is 5.30. The van der Waals surface area contributed by atoms with E-state index in [-0.39, 0.29) is 11.7 Å². The summed E-state index contributed by atoms with van der Waals surface area (Å²) in [5.41, 5.74) is 1.36. The summed E-state index contributed by atoms with van der Waals surface area (Å²) in [5.74, 6) is 0.898. The van der Waals surface area contributed by atoms with Gasteiger partial charge in [-0.15, -0.1) is 0 Å². The molecule has 1 aromatic heterocycles. The van der Waals surface area contributed by atoms with Gasteiger partial charge in [-0.05, 0) is 25.6 Å². The van der Waals surface area contributed by atoms with Crippen LogP contribution in [-0.4, -0.2) is 46.6 Å². The third-order valence-corrected chi connectivity index (χ3v) is 3.77. The lowest BCUT2D eigenvalue weighted by atomic mass is 10.1. The fourth-order valence-electron chi connectivity index (χ4n) is 2.57. The zero-order chi connectivity index (χ0) is 15.7. The minimum absolute atomic E-state index is 0.0196. The molecule has 0 radical (unpaired) electrons. The molecule has 0 bridgehead atoms. The van der Waals surface area contributed by atoms with Gasteiger partial charge in [-0.3, -0.25) is 15.0 Å². The summed E-state index contributed by atoms with van der Waals surface area (Å²) >= 11 is 0. The quantitative estimate of drug-likeness (QED) is 0.678. The van der Waals surface area contributed by atoms with Crippen LogP contribution in [0.2, 0.25) is 0 Å². The number of benzene rings is 1. The van der Waals surface area contributed by atoms with Crippen LogP contribution in [0.15, 0.2) is 22.7 Å². The Morgan fingerprint density at radius 2 is 2.27 bits per heavy atom. The number of piperazine rings is 1. The molecule has 1 atom stereocenters. The van der Waals surface area contributed by atoms with E-state index in [0.29, 0.717) is 17.3 Å². The number of hydrogen-bond donors (Lipinski definition) is 1. The first-order valence-electron chi connectivity index (χ1n) is 7.05. The van der Waals surface area contributed by atoms with E-state index in [0.717, 1.165) is 25.2 Å². The molecule has 116 valence electrons. The molecule has 0 spiro atoms. The highest BCUT2D eigenvalue weighted by atomic mass is 16.6. The summed E-state index contributed by atoms with van der Waals surface area (Å²) in [6, 6.07) is 4.81. The topological polar surface area (TPSA) is 97.3 Å². The van der Waals surface area contributed by atoms with E-state index in [4.69, 9.17) is 4.52 Å². The summed E-state index contributed by atoms with van der Waals surface area (Å²) in [6.45, 7) is 4.39. The Kier molecular flexibility index (Phi) is 3.86. The lowest BCUT2D eigenvalue weighted by Gasteiger charge is -2.30. The van der Waals surface area contributed by atoms with Crippen molar-refractivity contribution >= 4 is 5.69 Å². The molecule has 0 aliphatic carbocycles. The molecule has 1 aliphatic rings. The van der Waals surface area contributed by atoms with Crippen LogP contribution in [0.3, 0.4) is 0 Å². The molecule has 0 amide bonds. The highest BCUT2D eigenvalue weighted by Crippen LogP contribution is 2.26. The van der Waals surface area contributed by atoms with Crippen LogP contribution < -0.4 is 5.32 Å². The van der Waals surface area contributed by atoms with Crippen LogP contribution in [0.5, 0.6) is 0 Å². The van der Waals surface area contributed by atoms with Crippen molar-refractivity contribution in [2.45, 2.75) is 13.0 Å². The molecule has 1 unspecified atom stereocenters. The highest BCUT2D eigenvalue weighted by Gasteiger charge is 2.25.